The number of carbonyl (C=O) groups is 6. The Kier molecular flexibility index (Phi) is 11.1. The highest BCUT2D eigenvalue weighted by Gasteiger charge is 2.61. The first-order valence-corrected chi connectivity index (χ1v) is 18.3. The average Bonchev–Trinajstić information content (AvgIpc) is 3.41. The number of anilines is 1. The number of amides is 7. The summed E-state index contributed by atoms with van der Waals surface area (Å²) in [6.07, 6.45) is 5.07. The minimum absolute atomic E-state index is 0.0318. The topological polar surface area (TPSA) is 175 Å². The predicted molar refractivity (Wildman–Crippen MR) is 194 cm³/mol. The molecule has 0 aromatic heterocycles. The molecule has 2 fully saturated rings. The quantitative estimate of drug-likeness (QED) is 0.327. The Morgan fingerprint density at radius 3 is 2.32 bits per heavy atom. The molecule has 0 bridgehead atoms. The second-order valence-electron chi connectivity index (χ2n) is 15.2. The third-order valence-electron chi connectivity index (χ3n) is 9.96. The Labute approximate surface area is 309 Å². The van der Waals surface area contributed by atoms with Gasteiger partial charge in [-0.1, -0.05) is 67.5 Å². The molecule has 0 radical (unpaired) electrons. The summed E-state index contributed by atoms with van der Waals surface area (Å²) in [5.41, 5.74) is 0.270. The summed E-state index contributed by atoms with van der Waals surface area (Å²) < 4.78 is 11.4. The van der Waals surface area contributed by atoms with E-state index in [0.29, 0.717) is 38.0 Å². The maximum Gasteiger partial charge on any atom is 0.410 e. The van der Waals surface area contributed by atoms with Gasteiger partial charge in [0, 0.05) is 31.1 Å². The fourth-order valence-corrected chi connectivity index (χ4v) is 7.19. The van der Waals surface area contributed by atoms with Crippen LogP contribution in [0.2, 0.25) is 0 Å². The molecule has 5 atom stereocenters. The van der Waals surface area contributed by atoms with E-state index >= 15 is 0 Å². The van der Waals surface area contributed by atoms with Crippen LogP contribution in [-0.2, 0) is 36.9 Å². The van der Waals surface area contributed by atoms with E-state index in [2.05, 4.69) is 21.3 Å². The van der Waals surface area contributed by atoms with E-state index in [4.69, 9.17) is 9.47 Å². The zero-order valence-electron chi connectivity index (χ0n) is 30.4. The number of ether oxygens (including phenoxy) is 2. The predicted octanol–water partition coefficient (Wildman–Crippen LogP) is 4.75. The van der Waals surface area contributed by atoms with Crippen LogP contribution in [0.25, 0.3) is 0 Å². The lowest BCUT2D eigenvalue weighted by Gasteiger charge is -2.30. The van der Waals surface area contributed by atoms with E-state index in [0.717, 1.165) is 24.0 Å². The molecule has 1 saturated carbocycles. The first kappa shape index (κ1) is 37.4. The van der Waals surface area contributed by atoms with Crippen molar-refractivity contribution in [3.63, 3.8) is 0 Å². The van der Waals surface area contributed by atoms with E-state index < -0.39 is 71.2 Å². The second-order valence-corrected chi connectivity index (χ2v) is 15.2. The second kappa shape index (κ2) is 15.7. The molecule has 282 valence electrons. The van der Waals surface area contributed by atoms with Gasteiger partial charge < -0.3 is 30.3 Å². The Hall–Kier alpha value is -5.40. The standard InChI is InChI=1S/C39H48N6O8/c1-38(2,3)53-36(50)41-30-19-11-6-4-5-8-16-27-21-39(27,34(48)42-35(49)40-28-17-9-7-10-18-28)43-32(46)31-20-29(24-45(31)33(30)47)52-37(51)44-22-25-14-12-13-15-26(25)23-44/h7-10,12-18,27,29-31H,4-6,11,19-24H2,1-3H3,(H,41,50)(H,43,46)(H2,40,42,48,49)/b16-8-/t27-,29-,30+,31+,39-/m1/s1. The number of hydrogen-bond donors (Lipinski definition) is 4. The largest absolute Gasteiger partial charge is 0.444 e. The molecule has 2 aromatic carbocycles. The number of urea groups is 1. The molecule has 53 heavy (non-hydrogen) atoms. The normalized spacial score (nSPS) is 26.3. The summed E-state index contributed by atoms with van der Waals surface area (Å²) in [6, 6.07) is 13.5. The van der Waals surface area contributed by atoms with Crippen LogP contribution < -0.4 is 21.3 Å². The summed E-state index contributed by atoms with van der Waals surface area (Å²) in [5, 5.41) is 10.6. The number of nitrogens with one attached hydrogen (secondary N) is 4. The van der Waals surface area contributed by atoms with Gasteiger partial charge in [0.05, 0.1) is 6.54 Å². The minimum atomic E-state index is -1.44. The smallest absolute Gasteiger partial charge is 0.410 e. The van der Waals surface area contributed by atoms with Gasteiger partial charge in [0.2, 0.25) is 11.8 Å². The van der Waals surface area contributed by atoms with Gasteiger partial charge in [0.1, 0.15) is 29.3 Å². The fourth-order valence-electron chi connectivity index (χ4n) is 7.19. The molecule has 14 nitrogen and oxygen atoms in total. The van der Waals surface area contributed by atoms with Crippen LogP contribution in [0.5, 0.6) is 0 Å². The molecule has 1 saturated heterocycles. The number of benzene rings is 2. The van der Waals surface area contributed by atoms with E-state index in [1.165, 1.54) is 4.90 Å². The van der Waals surface area contributed by atoms with Crippen LogP contribution in [0.3, 0.4) is 0 Å². The van der Waals surface area contributed by atoms with E-state index in [1.807, 2.05) is 36.4 Å². The number of imide groups is 1. The zero-order valence-corrected chi connectivity index (χ0v) is 30.4. The van der Waals surface area contributed by atoms with Crippen molar-refractivity contribution in [3.05, 3.63) is 77.9 Å². The Morgan fingerprint density at radius 2 is 1.62 bits per heavy atom. The Bertz CT molecular complexity index is 1730. The van der Waals surface area contributed by atoms with Gasteiger partial charge in [-0.15, -0.1) is 0 Å². The van der Waals surface area contributed by atoms with E-state index in [9.17, 15) is 28.8 Å². The SMILES string of the molecule is CC(C)(C)OC(=O)N[C@H]1CCCCC/C=C\[C@@H]2C[C@@]2(C(=O)NC(=O)Nc2ccccc2)NC(=O)[C@@H]2C[C@@H](OC(=O)N3Cc4ccccc4C3)CN2C1=O. The highest BCUT2D eigenvalue weighted by molar-refractivity contribution is 6.07. The number of carbonyl (C=O) groups excluding carboxylic acids is 6. The molecule has 0 unspecified atom stereocenters. The van der Waals surface area contributed by atoms with Gasteiger partial charge >= 0.3 is 18.2 Å². The van der Waals surface area contributed by atoms with E-state index in [-0.39, 0.29) is 19.4 Å². The number of rotatable bonds is 4. The fraction of sp³-hybridized carbons (Fsp3) is 0.487. The molecule has 2 aromatic rings. The van der Waals surface area contributed by atoms with Gasteiger partial charge in [-0.2, -0.15) is 0 Å². The number of hydrogen-bond acceptors (Lipinski definition) is 8. The number of para-hydroxylation sites is 1. The molecule has 7 amide bonds. The van der Waals surface area contributed by atoms with Crippen LogP contribution in [0.15, 0.2) is 66.7 Å². The Morgan fingerprint density at radius 1 is 0.925 bits per heavy atom. The first-order chi connectivity index (χ1) is 25.3. The highest BCUT2D eigenvalue weighted by atomic mass is 16.6. The van der Waals surface area contributed by atoms with Crippen molar-refractivity contribution in [1.29, 1.82) is 0 Å². The zero-order chi connectivity index (χ0) is 37.8. The summed E-state index contributed by atoms with van der Waals surface area (Å²) >= 11 is 0. The first-order valence-electron chi connectivity index (χ1n) is 18.3. The summed E-state index contributed by atoms with van der Waals surface area (Å²) in [5.74, 6) is -2.23. The molecule has 0 spiro atoms. The van der Waals surface area contributed by atoms with Crippen molar-refractivity contribution in [2.24, 2.45) is 5.92 Å². The lowest BCUT2D eigenvalue weighted by atomic mass is 10.0. The van der Waals surface area contributed by atoms with Gasteiger partial charge in [0.15, 0.2) is 0 Å². The maximum atomic E-state index is 14.4. The molecule has 4 N–H and O–H groups in total. The number of alkyl carbamates (subject to hydrolysis) is 1. The maximum absolute atomic E-state index is 14.4. The van der Waals surface area contributed by atoms with Crippen molar-refractivity contribution in [2.75, 3.05) is 11.9 Å². The molecular weight excluding hydrogens is 680 g/mol. The van der Waals surface area contributed by atoms with Crippen molar-refractivity contribution in [3.8, 4) is 0 Å². The van der Waals surface area contributed by atoms with Crippen molar-refractivity contribution in [2.45, 2.75) is 108 Å². The summed E-state index contributed by atoms with van der Waals surface area (Å²) in [6.45, 7) is 5.82. The number of allylic oxidation sites excluding steroid dienone is 1. The Balaban J connectivity index is 1.23. The number of nitrogens with zero attached hydrogens (tertiary/aromatic N) is 2. The van der Waals surface area contributed by atoms with Crippen LogP contribution in [0.1, 0.15) is 76.8 Å². The number of fused-ring (bicyclic) bond motifs is 3. The highest BCUT2D eigenvalue weighted by Crippen LogP contribution is 2.45. The third-order valence-corrected chi connectivity index (χ3v) is 9.96. The van der Waals surface area contributed by atoms with Crippen LogP contribution >= 0.6 is 0 Å². The molecule has 4 aliphatic rings. The molecule has 1 aliphatic carbocycles. The molecule has 6 rings (SSSR count). The van der Waals surface area contributed by atoms with Crippen LogP contribution in [-0.4, -0.2) is 81.6 Å². The monoisotopic (exact) mass is 728 g/mol. The van der Waals surface area contributed by atoms with Crippen molar-refractivity contribution < 1.29 is 38.2 Å². The lowest BCUT2D eigenvalue weighted by molar-refractivity contribution is -0.141. The van der Waals surface area contributed by atoms with Gasteiger partial charge in [-0.3, -0.25) is 24.6 Å². The van der Waals surface area contributed by atoms with Gasteiger partial charge in [-0.05, 0) is 69.7 Å². The average molecular weight is 729 g/mol. The lowest BCUT2D eigenvalue weighted by Crippen LogP contribution is -2.58. The minimum Gasteiger partial charge on any atom is -0.444 e. The van der Waals surface area contributed by atoms with Gasteiger partial charge in [-0.25, -0.2) is 14.4 Å². The van der Waals surface area contributed by atoms with Crippen LogP contribution in [0, 0.1) is 5.92 Å². The van der Waals surface area contributed by atoms with Crippen LogP contribution in [0.4, 0.5) is 20.1 Å². The van der Waals surface area contributed by atoms with Crippen molar-refractivity contribution >= 4 is 41.6 Å². The third kappa shape index (κ3) is 9.16. The summed E-state index contributed by atoms with van der Waals surface area (Å²) in [7, 11) is 0. The molecular formula is C39H48N6O8. The van der Waals surface area contributed by atoms with E-state index in [1.54, 1.807) is 56.0 Å². The summed E-state index contributed by atoms with van der Waals surface area (Å²) in [4.78, 5) is 84.4. The molecule has 3 heterocycles. The molecule has 14 heteroatoms. The van der Waals surface area contributed by atoms with Crippen molar-refractivity contribution in [1.82, 2.24) is 25.8 Å². The molecule has 3 aliphatic heterocycles. The van der Waals surface area contributed by atoms with Gasteiger partial charge in [0.25, 0.3) is 5.91 Å².